The second-order valence-corrected chi connectivity index (χ2v) is 10.7. The maximum Gasteiger partial charge on any atom is 0.314 e. The van der Waals surface area contributed by atoms with Crippen LogP contribution in [0.1, 0.15) is 95.1 Å². The maximum atomic E-state index is 12.3. The first-order chi connectivity index (χ1) is 17.5. The summed E-state index contributed by atoms with van der Waals surface area (Å²) < 4.78 is 12.0. The van der Waals surface area contributed by atoms with E-state index >= 15 is 0 Å². The lowest BCUT2D eigenvalue weighted by atomic mass is 10.0. The Labute approximate surface area is 220 Å². The van der Waals surface area contributed by atoms with E-state index in [1.165, 1.54) is 81.8 Å². The fourth-order valence-corrected chi connectivity index (χ4v) is 4.61. The molecule has 2 aromatic carbocycles. The lowest BCUT2D eigenvalue weighted by Crippen LogP contribution is -2.40. The SMILES string of the molecule is CCCCCCCCCCCCCc1ccccc1OCOC(=O)CC[N+](C)(C)Cc1ccccc1. The summed E-state index contributed by atoms with van der Waals surface area (Å²) in [6, 6.07) is 18.5. The van der Waals surface area contributed by atoms with Gasteiger partial charge < -0.3 is 14.0 Å². The number of carbonyl (C=O) groups is 1. The van der Waals surface area contributed by atoms with Gasteiger partial charge in [-0.15, -0.1) is 0 Å². The number of rotatable bonds is 20. The van der Waals surface area contributed by atoms with Crippen LogP contribution >= 0.6 is 0 Å². The third-order valence-corrected chi connectivity index (χ3v) is 6.83. The quantitative estimate of drug-likeness (QED) is 0.0804. The van der Waals surface area contributed by atoms with Crippen LogP contribution in [0.4, 0.5) is 0 Å². The molecule has 0 radical (unpaired) electrons. The van der Waals surface area contributed by atoms with Gasteiger partial charge >= 0.3 is 5.97 Å². The lowest BCUT2D eigenvalue weighted by molar-refractivity contribution is -0.903. The summed E-state index contributed by atoms with van der Waals surface area (Å²) in [6.07, 6.45) is 16.2. The topological polar surface area (TPSA) is 35.5 Å². The van der Waals surface area contributed by atoms with E-state index < -0.39 is 0 Å². The van der Waals surface area contributed by atoms with E-state index in [4.69, 9.17) is 9.47 Å². The van der Waals surface area contributed by atoms with Gasteiger partial charge in [0.2, 0.25) is 6.79 Å². The van der Waals surface area contributed by atoms with Crippen molar-refractivity contribution in [1.29, 1.82) is 0 Å². The van der Waals surface area contributed by atoms with Crippen LogP contribution in [-0.4, -0.2) is 37.9 Å². The molecule has 0 saturated heterocycles. The Morgan fingerprint density at radius 1 is 0.750 bits per heavy atom. The summed E-state index contributed by atoms with van der Waals surface area (Å²) >= 11 is 0. The molecule has 0 aliphatic heterocycles. The number of nitrogens with zero attached hydrogens (tertiary/aromatic N) is 1. The zero-order chi connectivity index (χ0) is 25.9. The molecule has 2 aromatic rings. The van der Waals surface area contributed by atoms with Crippen molar-refractivity contribution < 1.29 is 18.8 Å². The number of hydrogen-bond acceptors (Lipinski definition) is 3. The van der Waals surface area contributed by atoms with Crippen LogP contribution in [-0.2, 0) is 22.5 Å². The Morgan fingerprint density at radius 2 is 1.33 bits per heavy atom. The molecular weight excluding hydrogens is 446 g/mol. The van der Waals surface area contributed by atoms with Crippen LogP contribution in [0.15, 0.2) is 54.6 Å². The van der Waals surface area contributed by atoms with E-state index in [2.05, 4.69) is 57.4 Å². The standard InChI is InChI=1S/C32H50NO3/c1-4-5-6-7-8-9-10-11-12-13-17-22-30-23-18-19-24-31(30)35-28-36-32(34)25-26-33(2,3)27-29-20-15-14-16-21-29/h14-16,18-21,23-24H,4-13,17,22,25-28H2,1-3H3/q+1. The number of unbranched alkanes of at least 4 members (excludes halogenated alkanes) is 10. The van der Waals surface area contributed by atoms with Gasteiger partial charge in [-0.25, -0.2) is 0 Å². The first kappa shape index (κ1) is 29.9. The molecule has 4 heteroatoms. The highest BCUT2D eigenvalue weighted by atomic mass is 16.7. The van der Waals surface area contributed by atoms with Crippen molar-refractivity contribution in [2.24, 2.45) is 0 Å². The molecule has 200 valence electrons. The molecule has 0 amide bonds. The summed E-state index contributed by atoms with van der Waals surface area (Å²) in [4.78, 5) is 12.3. The lowest BCUT2D eigenvalue weighted by Gasteiger charge is -2.29. The van der Waals surface area contributed by atoms with Crippen molar-refractivity contribution in [3.63, 3.8) is 0 Å². The number of esters is 1. The van der Waals surface area contributed by atoms with Gasteiger partial charge in [0.25, 0.3) is 0 Å². The number of para-hydroxylation sites is 1. The van der Waals surface area contributed by atoms with Gasteiger partial charge in [0, 0.05) is 5.56 Å². The van der Waals surface area contributed by atoms with Crippen molar-refractivity contribution in [2.75, 3.05) is 27.4 Å². The Kier molecular flexibility index (Phi) is 14.9. The average Bonchev–Trinajstić information content (AvgIpc) is 2.87. The molecule has 0 spiro atoms. The third-order valence-electron chi connectivity index (χ3n) is 6.83. The molecule has 0 aromatic heterocycles. The highest BCUT2D eigenvalue weighted by Crippen LogP contribution is 2.21. The first-order valence-electron chi connectivity index (χ1n) is 14.2. The number of ether oxygens (including phenoxy) is 2. The van der Waals surface area contributed by atoms with Crippen LogP contribution in [0.3, 0.4) is 0 Å². The molecule has 0 aliphatic rings. The summed E-state index contributed by atoms with van der Waals surface area (Å²) in [7, 11) is 4.28. The Bertz CT molecular complexity index is 834. The van der Waals surface area contributed by atoms with Crippen LogP contribution < -0.4 is 4.74 Å². The van der Waals surface area contributed by atoms with Crippen LogP contribution in [0.5, 0.6) is 5.75 Å². The minimum absolute atomic E-state index is 0.0276. The molecule has 0 unspecified atom stereocenters. The van der Waals surface area contributed by atoms with Gasteiger partial charge in [0.1, 0.15) is 12.3 Å². The second-order valence-electron chi connectivity index (χ2n) is 10.7. The Morgan fingerprint density at radius 3 is 2.00 bits per heavy atom. The van der Waals surface area contributed by atoms with Gasteiger partial charge in [0.05, 0.1) is 27.1 Å². The van der Waals surface area contributed by atoms with E-state index in [-0.39, 0.29) is 12.8 Å². The molecule has 0 N–H and O–H groups in total. The highest BCUT2D eigenvalue weighted by Gasteiger charge is 2.18. The highest BCUT2D eigenvalue weighted by molar-refractivity contribution is 5.69. The molecule has 0 fully saturated rings. The molecule has 0 heterocycles. The van der Waals surface area contributed by atoms with E-state index in [9.17, 15) is 4.79 Å². The number of carbonyl (C=O) groups excluding carboxylic acids is 1. The van der Waals surface area contributed by atoms with Gasteiger partial charge in [-0.1, -0.05) is 120 Å². The molecule has 4 nitrogen and oxygen atoms in total. The molecule has 0 aliphatic carbocycles. The van der Waals surface area contributed by atoms with Crippen molar-refractivity contribution >= 4 is 5.97 Å². The monoisotopic (exact) mass is 496 g/mol. The fraction of sp³-hybridized carbons (Fsp3) is 0.594. The normalized spacial score (nSPS) is 11.4. The smallest absolute Gasteiger partial charge is 0.314 e. The number of hydrogen-bond donors (Lipinski definition) is 0. The zero-order valence-corrected chi connectivity index (χ0v) is 23.2. The van der Waals surface area contributed by atoms with E-state index in [0.29, 0.717) is 6.42 Å². The van der Waals surface area contributed by atoms with E-state index in [1.807, 2.05) is 18.2 Å². The minimum Gasteiger partial charge on any atom is -0.457 e. The zero-order valence-electron chi connectivity index (χ0n) is 23.2. The first-order valence-corrected chi connectivity index (χ1v) is 14.2. The molecular formula is C32H50NO3+. The van der Waals surface area contributed by atoms with Crippen molar-refractivity contribution in [2.45, 2.75) is 96.9 Å². The summed E-state index contributed by atoms with van der Waals surface area (Å²) in [5.74, 6) is 0.620. The van der Waals surface area contributed by atoms with Gasteiger partial charge in [-0.2, -0.15) is 0 Å². The predicted octanol–water partition coefficient (Wildman–Crippen LogP) is 8.09. The van der Waals surface area contributed by atoms with Gasteiger partial charge in [0.15, 0.2) is 0 Å². The van der Waals surface area contributed by atoms with Crippen molar-refractivity contribution in [1.82, 2.24) is 0 Å². The van der Waals surface area contributed by atoms with E-state index in [0.717, 1.165) is 29.7 Å². The largest absolute Gasteiger partial charge is 0.457 e. The van der Waals surface area contributed by atoms with Gasteiger partial charge in [-0.3, -0.25) is 4.79 Å². The fourth-order valence-electron chi connectivity index (χ4n) is 4.61. The van der Waals surface area contributed by atoms with Gasteiger partial charge in [-0.05, 0) is 24.5 Å². The molecule has 0 saturated carbocycles. The van der Waals surface area contributed by atoms with Crippen LogP contribution in [0, 0.1) is 0 Å². The minimum atomic E-state index is -0.211. The Hall–Kier alpha value is -2.33. The molecule has 0 bridgehead atoms. The average molecular weight is 497 g/mol. The molecule has 36 heavy (non-hydrogen) atoms. The van der Waals surface area contributed by atoms with Crippen molar-refractivity contribution in [3.8, 4) is 5.75 Å². The summed E-state index contributed by atoms with van der Waals surface area (Å²) in [5.41, 5.74) is 2.47. The number of benzene rings is 2. The number of quaternary nitrogens is 1. The molecule has 0 atom stereocenters. The Balaban J connectivity index is 1.58. The molecule has 2 rings (SSSR count). The predicted molar refractivity (Wildman–Crippen MR) is 150 cm³/mol. The van der Waals surface area contributed by atoms with E-state index in [1.54, 1.807) is 0 Å². The van der Waals surface area contributed by atoms with Crippen LogP contribution in [0.25, 0.3) is 0 Å². The second kappa shape index (κ2) is 18.0. The van der Waals surface area contributed by atoms with Crippen LogP contribution in [0.2, 0.25) is 0 Å². The maximum absolute atomic E-state index is 12.3. The summed E-state index contributed by atoms with van der Waals surface area (Å²) in [5, 5.41) is 0. The number of aryl methyl sites for hydroxylation is 1. The van der Waals surface area contributed by atoms with Crippen molar-refractivity contribution in [3.05, 3.63) is 65.7 Å². The summed E-state index contributed by atoms with van der Waals surface area (Å²) in [6.45, 7) is 3.86. The third kappa shape index (κ3) is 13.7.